The second-order valence-corrected chi connectivity index (χ2v) is 16.4. The van der Waals surface area contributed by atoms with E-state index in [2.05, 4.69) is 219 Å². The summed E-state index contributed by atoms with van der Waals surface area (Å²) in [6, 6.07) is 73.5. The lowest BCUT2D eigenvalue weighted by molar-refractivity contribution is 0.659. The number of hydrogen-bond donors (Lipinski definition) is 0. The first kappa shape index (κ1) is 33.0. The molecule has 0 unspecified atom stereocenters. The summed E-state index contributed by atoms with van der Waals surface area (Å²) in [5, 5.41) is 4.76. The number of benzene rings is 9. The van der Waals surface area contributed by atoms with Crippen molar-refractivity contribution in [3.63, 3.8) is 0 Å². The zero-order valence-corrected chi connectivity index (χ0v) is 32.4. The van der Waals surface area contributed by atoms with Gasteiger partial charge in [-0.25, -0.2) is 0 Å². The molecule has 0 N–H and O–H groups in total. The second-order valence-electron chi connectivity index (χ2n) is 16.4. The zero-order valence-electron chi connectivity index (χ0n) is 32.4. The van der Waals surface area contributed by atoms with Crippen molar-refractivity contribution in [1.82, 2.24) is 0 Å². The largest absolute Gasteiger partial charge is 0.455 e. The fourth-order valence-corrected chi connectivity index (χ4v) is 10.8. The molecule has 12 rings (SSSR count). The molecule has 1 aromatic heterocycles. The molecule has 0 fully saturated rings. The minimum absolute atomic E-state index is 0.367. The molecular weight excluding hydrogens is 703 g/mol. The molecule has 2 aliphatic carbocycles. The van der Waals surface area contributed by atoms with E-state index in [9.17, 15) is 0 Å². The third kappa shape index (κ3) is 4.32. The van der Waals surface area contributed by atoms with Crippen molar-refractivity contribution in [2.75, 3.05) is 4.90 Å². The second kappa shape index (κ2) is 12.2. The molecule has 0 aliphatic heterocycles. The van der Waals surface area contributed by atoms with E-state index in [1.165, 1.54) is 77.5 Å². The van der Waals surface area contributed by atoms with Gasteiger partial charge in [0.25, 0.3) is 0 Å². The number of nitrogens with zero attached hydrogens (tertiary/aromatic N) is 1. The average molecular weight is 742 g/mol. The van der Waals surface area contributed by atoms with E-state index in [1.54, 1.807) is 0 Å². The molecule has 0 radical (unpaired) electrons. The standard InChI is InChI=1S/C56H39NO/c1-55(2)52-45(50-42-26-12-13-27-43(42)54-51(53(50)55)44-28-15-17-32-49(44)58-54)29-18-31-48(52)57(38-23-10-5-11-24-38)39-33-34-41-40-25-14-16-30-46(40)56(47(41)35-39,36-19-6-3-7-20-36)37-21-8-4-9-22-37/h3-35H,1-2H3. The maximum absolute atomic E-state index is 6.75. The number of fused-ring (bicyclic) bond motifs is 13. The van der Waals surface area contributed by atoms with Gasteiger partial charge in [-0.05, 0) is 97.4 Å². The molecule has 58 heavy (non-hydrogen) atoms. The highest BCUT2D eigenvalue weighted by Gasteiger charge is 2.47. The van der Waals surface area contributed by atoms with Gasteiger partial charge in [0.2, 0.25) is 0 Å². The Morgan fingerprint density at radius 1 is 0.431 bits per heavy atom. The van der Waals surface area contributed by atoms with Crippen molar-refractivity contribution in [1.29, 1.82) is 0 Å². The molecule has 274 valence electrons. The zero-order chi connectivity index (χ0) is 38.6. The van der Waals surface area contributed by atoms with Crippen LogP contribution in [0.3, 0.4) is 0 Å². The molecule has 10 aromatic rings. The Balaban J connectivity index is 1.16. The molecule has 0 saturated heterocycles. The van der Waals surface area contributed by atoms with Crippen LogP contribution >= 0.6 is 0 Å². The fourth-order valence-electron chi connectivity index (χ4n) is 10.8. The summed E-state index contributed by atoms with van der Waals surface area (Å²) < 4.78 is 6.75. The van der Waals surface area contributed by atoms with Gasteiger partial charge in [0.1, 0.15) is 11.2 Å². The van der Waals surface area contributed by atoms with Gasteiger partial charge >= 0.3 is 0 Å². The highest BCUT2D eigenvalue weighted by molar-refractivity contribution is 6.23. The first-order chi connectivity index (χ1) is 28.6. The SMILES string of the molecule is CC1(C)c2c(cccc2N(c2ccccc2)c2ccc3c(c2)C(c2ccccc2)(c2ccccc2)c2ccccc2-3)-c2c1c1c3ccccc3oc1c1ccccc21. The number of furan rings is 1. The Labute approximate surface area is 338 Å². The predicted octanol–water partition coefficient (Wildman–Crippen LogP) is 14.9. The molecule has 1 heterocycles. The summed E-state index contributed by atoms with van der Waals surface area (Å²) in [7, 11) is 0. The topological polar surface area (TPSA) is 16.4 Å². The van der Waals surface area contributed by atoms with Crippen LogP contribution in [0.1, 0.15) is 47.2 Å². The lowest BCUT2D eigenvalue weighted by Crippen LogP contribution is -2.28. The summed E-state index contributed by atoms with van der Waals surface area (Å²) >= 11 is 0. The first-order valence-electron chi connectivity index (χ1n) is 20.3. The number of anilines is 3. The van der Waals surface area contributed by atoms with Gasteiger partial charge < -0.3 is 9.32 Å². The smallest absolute Gasteiger partial charge is 0.143 e. The van der Waals surface area contributed by atoms with Gasteiger partial charge in [0.05, 0.1) is 11.1 Å². The summed E-state index contributed by atoms with van der Waals surface area (Å²) in [5.41, 5.74) is 17.3. The molecule has 0 amide bonds. The molecule has 0 spiro atoms. The van der Waals surface area contributed by atoms with E-state index >= 15 is 0 Å². The van der Waals surface area contributed by atoms with Crippen LogP contribution < -0.4 is 4.90 Å². The molecule has 0 atom stereocenters. The molecular formula is C56H39NO. The third-order valence-electron chi connectivity index (χ3n) is 13.1. The predicted molar refractivity (Wildman–Crippen MR) is 241 cm³/mol. The number of hydrogen-bond acceptors (Lipinski definition) is 2. The highest BCUT2D eigenvalue weighted by atomic mass is 16.3. The van der Waals surface area contributed by atoms with Crippen molar-refractivity contribution in [2.45, 2.75) is 24.7 Å². The van der Waals surface area contributed by atoms with Crippen LogP contribution in [0, 0.1) is 0 Å². The summed E-state index contributed by atoms with van der Waals surface area (Å²) in [6.45, 7) is 4.82. The lowest BCUT2D eigenvalue weighted by atomic mass is 9.67. The van der Waals surface area contributed by atoms with Crippen molar-refractivity contribution < 1.29 is 4.42 Å². The minimum Gasteiger partial charge on any atom is -0.455 e. The Morgan fingerprint density at radius 3 is 1.76 bits per heavy atom. The van der Waals surface area contributed by atoms with Crippen LogP contribution in [0.5, 0.6) is 0 Å². The van der Waals surface area contributed by atoms with E-state index in [0.29, 0.717) is 0 Å². The number of rotatable bonds is 5. The Bertz CT molecular complexity index is 3210. The maximum atomic E-state index is 6.75. The van der Waals surface area contributed by atoms with E-state index < -0.39 is 5.41 Å². The quantitative estimate of drug-likeness (QED) is 0.175. The molecule has 0 saturated carbocycles. The summed E-state index contributed by atoms with van der Waals surface area (Å²) in [6.07, 6.45) is 0. The van der Waals surface area contributed by atoms with Gasteiger partial charge in [-0.1, -0.05) is 178 Å². The van der Waals surface area contributed by atoms with Gasteiger partial charge in [0, 0.05) is 32.9 Å². The van der Waals surface area contributed by atoms with Crippen molar-refractivity contribution in [2.24, 2.45) is 0 Å². The van der Waals surface area contributed by atoms with Crippen molar-refractivity contribution in [3.05, 3.63) is 234 Å². The normalized spacial score (nSPS) is 14.3. The van der Waals surface area contributed by atoms with Crippen LogP contribution in [-0.2, 0) is 10.8 Å². The van der Waals surface area contributed by atoms with E-state index in [4.69, 9.17) is 4.42 Å². The van der Waals surface area contributed by atoms with Crippen LogP contribution in [0.2, 0.25) is 0 Å². The minimum atomic E-state index is -0.506. The monoisotopic (exact) mass is 741 g/mol. The van der Waals surface area contributed by atoms with Gasteiger partial charge in [0.15, 0.2) is 0 Å². The van der Waals surface area contributed by atoms with Crippen LogP contribution in [-0.4, -0.2) is 0 Å². The van der Waals surface area contributed by atoms with E-state index in [0.717, 1.165) is 27.9 Å². The Morgan fingerprint density at radius 2 is 1.02 bits per heavy atom. The third-order valence-corrected chi connectivity index (χ3v) is 13.1. The van der Waals surface area contributed by atoms with Gasteiger partial charge in [-0.3, -0.25) is 0 Å². The Kier molecular flexibility index (Phi) is 6.93. The molecule has 2 heteroatoms. The van der Waals surface area contributed by atoms with Gasteiger partial charge in [-0.2, -0.15) is 0 Å². The van der Waals surface area contributed by atoms with Crippen molar-refractivity contribution in [3.8, 4) is 22.3 Å². The molecule has 0 bridgehead atoms. The average Bonchev–Trinajstić information content (AvgIpc) is 3.89. The first-order valence-corrected chi connectivity index (χ1v) is 20.3. The molecule has 2 nitrogen and oxygen atoms in total. The van der Waals surface area contributed by atoms with Crippen LogP contribution in [0.4, 0.5) is 17.1 Å². The highest BCUT2D eigenvalue weighted by Crippen LogP contribution is 2.61. The molecule has 2 aliphatic rings. The summed E-state index contributed by atoms with van der Waals surface area (Å²) in [4.78, 5) is 2.50. The van der Waals surface area contributed by atoms with Gasteiger partial charge in [-0.15, -0.1) is 0 Å². The van der Waals surface area contributed by atoms with E-state index in [-0.39, 0.29) is 5.41 Å². The van der Waals surface area contributed by atoms with Crippen LogP contribution in [0.15, 0.2) is 205 Å². The fraction of sp³-hybridized carbons (Fsp3) is 0.0714. The van der Waals surface area contributed by atoms with Crippen LogP contribution in [0.25, 0.3) is 55.0 Å². The van der Waals surface area contributed by atoms with Crippen molar-refractivity contribution >= 4 is 49.8 Å². The summed E-state index contributed by atoms with van der Waals surface area (Å²) in [5.74, 6) is 0. The lowest BCUT2D eigenvalue weighted by Gasteiger charge is -2.35. The number of para-hydroxylation sites is 2. The maximum Gasteiger partial charge on any atom is 0.143 e. The molecule has 9 aromatic carbocycles. The Hall–Kier alpha value is -7.16. The van der Waals surface area contributed by atoms with E-state index in [1.807, 2.05) is 0 Å².